The Morgan fingerprint density at radius 1 is 1.65 bits per heavy atom. The molecule has 0 aromatic carbocycles. The van der Waals surface area contributed by atoms with E-state index in [4.69, 9.17) is 4.74 Å². The van der Waals surface area contributed by atoms with Crippen LogP contribution < -0.4 is 10.6 Å². The van der Waals surface area contributed by atoms with Crippen molar-refractivity contribution in [2.45, 2.75) is 19.4 Å². The maximum absolute atomic E-state index is 11.7. The molecule has 2 heterocycles. The number of ether oxygens (including phenoxy) is 1. The molecule has 2 rings (SSSR count). The second kappa shape index (κ2) is 5.75. The first-order valence-corrected chi connectivity index (χ1v) is 5.79. The Bertz CT molecular complexity index is 372. The van der Waals surface area contributed by atoms with Gasteiger partial charge in [0.05, 0.1) is 19.1 Å². The summed E-state index contributed by atoms with van der Waals surface area (Å²) < 4.78 is 5.46. The number of nitrogens with one attached hydrogen (secondary N) is 2. The summed E-state index contributed by atoms with van der Waals surface area (Å²) in [6.07, 6.45) is 2.06. The fourth-order valence-corrected chi connectivity index (χ4v) is 1.69. The van der Waals surface area contributed by atoms with Crippen LogP contribution >= 0.6 is 0 Å². The van der Waals surface area contributed by atoms with Crippen LogP contribution in [-0.4, -0.2) is 36.7 Å². The summed E-state index contributed by atoms with van der Waals surface area (Å²) in [5, 5.41) is 5.95. The number of nitrogens with zero attached hydrogens (tertiary/aromatic N) is 1. The summed E-state index contributed by atoms with van der Waals surface area (Å²) in [6, 6.07) is 3.72. The van der Waals surface area contributed by atoms with Crippen molar-refractivity contribution in [2.75, 3.05) is 25.0 Å². The summed E-state index contributed by atoms with van der Waals surface area (Å²) in [6.45, 7) is 4.22. The topological polar surface area (TPSA) is 63.2 Å². The summed E-state index contributed by atoms with van der Waals surface area (Å²) in [7, 11) is 0. The van der Waals surface area contributed by atoms with Gasteiger partial charge in [-0.15, -0.1) is 0 Å². The van der Waals surface area contributed by atoms with E-state index >= 15 is 0 Å². The van der Waals surface area contributed by atoms with Gasteiger partial charge in [-0.2, -0.15) is 0 Å². The minimum atomic E-state index is -0.0601. The first-order valence-electron chi connectivity index (χ1n) is 5.79. The molecule has 1 atom stereocenters. The van der Waals surface area contributed by atoms with Crippen molar-refractivity contribution in [3.63, 3.8) is 0 Å². The molecule has 5 nitrogen and oxygen atoms in total. The van der Waals surface area contributed by atoms with Crippen LogP contribution in [-0.2, 0) is 9.53 Å². The molecule has 1 amide bonds. The maximum Gasteiger partial charge on any atom is 0.228 e. The van der Waals surface area contributed by atoms with Gasteiger partial charge in [-0.25, -0.2) is 4.98 Å². The Morgan fingerprint density at radius 2 is 2.53 bits per heavy atom. The highest BCUT2D eigenvalue weighted by Crippen LogP contribution is 2.07. The van der Waals surface area contributed by atoms with Gasteiger partial charge in [0.25, 0.3) is 0 Å². The number of carbonyl (C=O) groups excluding carboxylic acids is 1. The summed E-state index contributed by atoms with van der Waals surface area (Å²) in [5.41, 5.74) is 1.07. The molecule has 92 valence electrons. The van der Waals surface area contributed by atoms with Crippen LogP contribution in [0.3, 0.4) is 0 Å². The van der Waals surface area contributed by atoms with Crippen molar-refractivity contribution in [2.24, 2.45) is 0 Å². The Balaban J connectivity index is 1.82. The van der Waals surface area contributed by atoms with Crippen molar-refractivity contribution in [1.82, 2.24) is 10.3 Å². The monoisotopic (exact) mass is 235 g/mol. The van der Waals surface area contributed by atoms with E-state index in [1.54, 1.807) is 12.3 Å². The SMILES string of the molecule is Cc1ccc(NC(=O)CC2CNCCO2)nc1. The number of morpholine rings is 1. The summed E-state index contributed by atoms with van der Waals surface area (Å²) in [4.78, 5) is 15.8. The molecule has 0 spiro atoms. The van der Waals surface area contributed by atoms with Crippen LogP contribution in [0.25, 0.3) is 0 Å². The highest BCUT2D eigenvalue weighted by Gasteiger charge is 2.17. The van der Waals surface area contributed by atoms with Crippen molar-refractivity contribution in [3.8, 4) is 0 Å². The van der Waals surface area contributed by atoms with Crippen molar-refractivity contribution in [1.29, 1.82) is 0 Å². The van der Waals surface area contributed by atoms with Gasteiger partial charge in [0.1, 0.15) is 5.82 Å². The normalized spacial score (nSPS) is 19.9. The van der Waals surface area contributed by atoms with Crippen LogP contribution in [0.1, 0.15) is 12.0 Å². The van der Waals surface area contributed by atoms with E-state index in [1.165, 1.54) is 0 Å². The number of hydrogen-bond donors (Lipinski definition) is 2. The minimum Gasteiger partial charge on any atom is -0.375 e. The van der Waals surface area contributed by atoms with Crippen molar-refractivity contribution >= 4 is 11.7 Å². The van der Waals surface area contributed by atoms with E-state index in [0.29, 0.717) is 18.8 Å². The lowest BCUT2D eigenvalue weighted by molar-refractivity contribution is -0.119. The third-order valence-corrected chi connectivity index (χ3v) is 2.60. The molecule has 1 aromatic rings. The van der Waals surface area contributed by atoms with Gasteiger partial charge in [0, 0.05) is 19.3 Å². The van der Waals surface area contributed by atoms with E-state index < -0.39 is 0 Å². The second-order valence-corrected chi connectivity index (χ2v) is 4.17. The number of hydrogen-bond acceptors (Lipinski definition) is 4. The molecule has 0 bridgehead atoms. The van der Waals surface area contributed by atoms with E-state index in [-0.39, 0.29) is 12.0 Å². The molecule has 1 aliphatic heterocycles. The first-order chi connectivity index (χ1) is 8.24. The molecule has 0 aliphatic carbocycles. The number of aromatic nitrogens is 1. The average Bonchev–Trinajstić information content (AvgIpc) is 2.33. The highest BCUT2D eigenvalue weighted by atomic mass is 16.5. The molecule has 1 aromatic heterocycles. The molecule has 1 unspecified atom stereocenters. The molecular weight excluding hydrogens is 218 g/mol. The van der Waals surface area contributed by atoms with Gasteiger partial charge in [-0.1, -0.05) is 6.07 Å². The molecule has 0 saturated carbocycles. The van der Waals surface area contributed by atoms with Gasteiger partial charge < -0.3 is 15.4 Å². The third kappa shape index (κ3) is 3.80. The number of anilines is 1. The average molecular weight is 235 g/mol. The fraction of sp³-hybridized carbons (Fsp3) is 0.500. The van der Waals surface area contributed by atoms with Crippen molar-refractivity contribution < 1.29 is 9.53 Å². The van der Waals surface area contributed by atoms with Gasteiger partial charge >= 0.3 is 0 Å². The predicted octanol–water partition coefficient (Wildman–Crippen LogP) is 0.707. The summed E-state index contributed by atoms with van der Waals surface area (Å²) >= 11 is 0. The zero-order valence-electron chi connectivity index (χ0n) is 9.90. The summed E-state index contributed by atoms with van der Waals surface area (Å²) in [5.74, 6) is 0.527. The molecular formula is C12H17N3O2. The maximum atomic E-state index is 11.7. The van der Waals surface area contributed by atoms with Crippen LogP contribution in [0.5, 0.6) is 0 Å². The largest absolute Gasteiger partial charge is 0.375 e. The zero-order valence-corrected chi connectivity index (χ0v) is 9.90. The quantitative estimate of drug-likeness (QED) is 0.810. The standard InChI is InChI=1S/C12H17N3O2/c1-9-2-3-11(14-7-9)15-12(16)6-10-8-13-4-5-17-10/h2-3,7,10,13H,4-6,8H2,1H3,(H,14,15,16). The Labute approximate surface area is 101 Å². The minimum absolute atomic E-state index is 0.0331. The van der Waals surface area contributed by atoms with Crippen LogP contribution in [0, 0.1) is 6.92 Å². The fourth-order valence-electron chi connectivity index (χ4n) is 1.69. The van der Waals surface area contributed by atoms with Gasteiger partial charge in [0.2, 0.25) is 5.91 Å². The number of rotatable bonds is 3. The molecule has 0 radical (unpaired) electrons. The Hall–Kier alpha value is -1.46. The number of pyridine rings is 1. The first kappa shape index (κ1) is 12.0. The lowest BCUT2D eigenvalue weighted by Crippen LogP contribution is -2.40. The number of carbonyl (C=O) groups is 1. The van der Waals surface area contributed by atoms with Gasteiger partial charge in [0.15, 0.2) is 0 Å². The van der Waals surface area contributed by atoms with Crippen molar-refractivity contribution in [3.05, 3.63) is 23.9 Å². The third-order valence-electron chi connectivity index (χ3n) is 2.60. The molecule has 17 heavy (non-hydrogen) atoms. The second-order valence-electron chi connectivity index (χ2n) is 4.17. The lowest BCUT2D eigenvalue weighted by atomic mass is 10.2. The zero-order chi connectivity index (χ0) is 12.1. The number of amides is 1. The van der Waals surface area contributed by atoms with Crippen LogP contribution in [0.2, 0.25) is 0 Å². The number of aryl methyl sites for hydroxylation is 1. The van der Waals surface area contributed by atoms with E-state index in [2.05, 4.69) is 15.6 Å². The molecule has 1 saturated heterocycles. The molecule has 1 aliphatic rings. The van der Waals surface area contributed by atoms with Gasteiger partial charge in [-0.05, 0) is 18.6 Å². The Morgan fingerprint density at radius 3 is 3.18 bits per heavy atom. The van der Waals surface area contributed by atoms with E-state index in [9.17, 15) is 4.79 Å². The Kier molecular flexibility index (Phi) is 4.06. The highest BCUT2D eigenvalue weighted by molar-refractivity contribution is 5.90. The molecule has 1 fully saturated rings. The van der Waals surface area contributed by atoms with Crippen LogP contribution in [0.4, 0.5) is 5.82 Å². The van der Waals surface area contributed by atoms with Crippen LogP contribution in [0.15, 0.2) is 18.3 Å². The predicted molar refractivity (Wildman–Crippen MR) is 64.8 cm³/mol. The lowest BCUT2D eigenvalue weighted by Gasteiger charge is -2.22. The molecule has 5 heteroatoms. The van der Waals surface area contributed by atoms with E-state index in [0.717, 1.165) is 18.7 Å². The van der Waals surface area contributed by atoms with E-state index in [1.807, 2.05) is 13.0 Å². The van der Waals surface area contributed by atoms with Gasteiger partial charge in [-0.3, -0.25) is 4.79 Å². The molecule has 2 N–H and O–H groups in total. The smallest absolute Gasteiger partial charge is 0.228 e.